The molecule has 3 nitrogen and oxygen atoms in total. The van der Waals surface area contributed by atoms with Gasteiger partial charge in [-0.1, -0.05) is 20.8 Å². The van der Waals surface area contributed by atoms with Crippen molar-refractivity contribution in [3.63, 3.8) is 0 Å². The highest BCUT2D eigenvalue weighted by Crippen LogP contribution is 2.19. The lowest BCUT2D eigenvalue weighted by atomic mass is 9.96. The Balaban J connectivity index is 2.63. The van der Waals surface area contributed by atoms with Crippen molar-refractivity contribution >= 4 is 5.82 Å². The van der Waals surface area contributed by atoms with E-state index in [0.29, 0.717) is 5.41 Å². The van der Waals surface area contributed by atoms with Crippen LogP contribution in [0, 0.1) is 5.41 Å². The first-order valence-electron chi connectivity index (χ1n) is 5.91. The van der Waals surface area contributed by atoms with Gasteiger partial charge in [-0.3, -0.25) is 0 Å². The van der Waals surface area contributed by atoms with E-state index >= 15 is 0 Å². The van der Waals surface area contributed by atoms with Crippen LogP contribution in [-0.2, 0) is 0 Å². The number of hydrogen-bond donors (Lipinski definition) is 1. The second kappa shape index (κ2) is 5.39. The fraction of sp³-hybridized carbons (Fsp3) is 0.692. The molecule has 0 atom stereocenters. The van der Waals surface area contributed by atoms with Crippen LogP contribution in [-0.4, -0.2) is 43.6 Å². The number of hydrogen-bond acceptors (Lipinski definition) is 2. The summed E-state index contributed by atoms with van der Waals surface area (Å²) >= 11 is 0. The van der Waals surface area contributed by atoms with Crippen LogP contribution in [0.25, 0.3) is 0 Å². The van der Waals surface area contributed by atoms with Crippen LogP contribution < -0.4 is 4.90 Å². The van der Waals surface area contributed by atoms with Crippen LogP contribution in [0.1, 0.15) is 20.8 Å². The van der Waals surface area contributed by atoms with Gasteiger partial charge in [0.05, 0.1) is 0 Å². The van der Waals surface area contributed by atoms with E-state index in [1.807, 2.05) is 6.20 Å². The molecule has 1 heterocycles. The minimum absolute atomic E-state index is 0.317. The average molecular weight is 223 g/mol. The molecule has 0 bridgehead atoms. The zero-order valence-corrected chi connectivity index (χ0v) is 11.2. The maximum Gasteiger partial charge on any atom is 0.105 e. The molecule has 1 rings (SSSR count). The summed E-state index contributed by atoms with van der Waals surface area (Å²) in [6.45, 7) is 10.0. The van der Waals surface area contributed by atoms with Crippen molar-refractivity contribution < 1.29 is 0 Å². The predicted molar refractivity (Wildman–Crippen MR) is 71.0 cm³/mol. The van der Waals surface area contributed by atoms with E-state index < -0.39 is 0 Å². The summed E-state index contributed by atoms with van der Waals surface area (Å²) in [4.78, 5) is 7.93. The summed E-state index contributed by atoms with van der Waals surface area (Å²) in [6, 6.07) is 4.20. The lowest BCUT2D eigenvalue weighted by molar-refractivity contribution is 0.376. The fourth-order valence-corrected chi connectivity index (χ4v) is 1.70. The van der Waals surface area contributed by atoms with Gasteiger partial charge in [0.25, 0.3) is 0 Å². The number of likely N-dealkylation sites (N-methyl/N-ethyl adjacent to an activating group) is 1. The molecule has 0 aliphatic heterocycles. The maximum absolute atomic E-state index is 3.29. The molecule has 1 N–H and O–H groups in total. The van der Waals surface area contributed by atoms with Crippen LogP contribution in [0.4, 0.5) is 5.82 Å². The Morgan fingerprint density at radius 1 is 1.19 bits per heavy atom. The zero-order chi connectivity index (χ0) is 12.2. The van der Waals surface area contributed by atoms with Crippen molar-refractivity contribution in [2.75, 3.05) is 38.6 Å². The van der Waals surface area contributed by atoms with E-state index in [4.69, 9.17) is 0 Å². The number of nitrogens with zero attached hydrogens (tertiary/aromatic N) is 2. The monoisotopic (exact) mass is 223 g/mol. The Kier molecular flexibility index (Phi) is 4.42. The van der Waals surface area contributed by atoms with Gasteiger partial charge in [-0.25, -0.2) is 0 Å². The summed E-state index contributed by atoms with van der Waals surface area (Å²) in [5.41, 5.74) is 0.317. The molecule has 0 amide bonds. The molecule has 0 aliphatic rings. The van der Waals surface area contributed by atoms with Crippen molar-refractivity contribution in [1.29, 1.82) is 0 Å². The second-order valence-electron chi connectivity index (χ2n) is 5.84. The first kappa shape index (κ1) is 13.1. The van der Waals surface area contributed by atoms with Gasteiger partial charge in [-0.05, 0) is 31.6 Å². The van der Waals surface area contributed by atoms with Crippen LogP contribution in [0.15, 0.2) is 18.3 Å². The summed E-state index contributed by atoms with van der Waals surface area (Å²) in [5, 5.41) is 0. The summed E-state index contributed by atoms with van der Waals surface area (Å²) in [6.07, 6.45) is 1.99. The fourth-order valence-electron chi connectivity index (χ4n) is 1.70. The first-order chi connectivity index (χ1) is 7.38. The van der Waals surface area contributed by atoms with Crippen LogP contribution in [0.3, 0.4) is 0 Å². The Hall–Kier alpha value is -0.960. The summed E-state index contributed by atoms with van der Waals surface area (Å²) in [7, 11) is 4.23. The van der Waals surface area contributed by atoms with Crippen molar-refractivity contribution in [3.05, 3.63) is 18.3 Å². The molecule has 3 heteroatoms. The van der Waals surface area contributed by atoms with Crippen LogP contribution >= 0.6 is 0 Å². The topological polar surface area (TPSA) is 22.3 Å². The van der Waals surface area contributed by atoms with E-state index in [1.165, 1.54) is 5.82 Å². The lowest BCUT2D eigenvalue weighted by Gasteiger charge is -2.31. The Morgan fingerprint density at radius 2 is 1.88 bits per heavy atom. The van der Waals surface area contributed by atoms with E-state index in [2.05, 4.69) is 61.8 Å². The molecule has 0 radical (unpaired) electrons. The third-order valence-electron chi connectivity index (χ3n) is 2.40. The summed E-state index contributed by atoms with van der Waals surface area (Å²) in [5.74, 6) is 1.22. The number of H-pyrrole nitrogens is 1. The second-order valence-corrected chi connectivity index (χ2v) is 5.84. The van der Waals surface area contributed by atoms with Gasteiger partial charge in [-0.15, -0.1) is 0 Å². The number of aromatic amines is 1. The minimum atomic E-state index is 0.317. The molecule has 0 spiro atoms. The molecule has 0 aromatic carbocycles. The van der Waals surface area contributed by atoms with Crippen molar-refractivity contribution in [1.82, 2.24) is 9.88 Å². The van der Waals surface area contributed by atoms with Crippen LogP contribution in [0.5, 0.6) is 0 Å². The van der Waals surface area contributed by atoms with Crippen LogP contribution in [0.2, 0.25) is 0 Å². The largest absolute Gasteiger partial charge is 0.356 e. The van der Waals surface area contributed by atoms with Gasteiger partial charge < -0.3 is 14.8 Å². The standard InChI is InChI=1S/C13H25N3/c1-13(2,3)11-16(10-9-15(4)5)12-7-6-8-14-12/h6-8,14H,9-11H2,1-5H3. The minimum Gasteiger partial charge on any atom is -0.356 e. The molecule has 1 aromatic rings. The van der Waals surface area contributed by atoms with Gasteiger partial charge in [0.2, 0.25) is 0 Å². The van der Waals surface area contributed by atoms with Crippen molar-refractivity contribution in [2.45, 2.75) is 20.8 Å². The van der Waals surface area contributed by atoms with Gasteiger partial charge in [0.15, 0.2) is 0 Å². The number of anilines is 1. The molecular weight excluding hydrogens is 198 g/mol. The smallest absolute Gasteiger partial charge is 0.105 e. The van der Waals surface area contributed by atoms with E-state index in [0.717, 1.165) is 19.6 Å². The molecule has 0 aliphatic carbocycles. The molecule has 0 saturated carbocycles. The highest BCUT2D eigenvalue weighted by atomic mass is 15.2. The Bertz CT molecular complexity index is 283. The molecular formula is C13H25N3. The molecule has 0 unspecified atom stereocenters. The van der Waals surface area contributed by atoms with Gasteiger partial charge in [0, 0.05) is 25.8 Å². The normalized spacial score (nSPS) is 12.1. The highest BCUT2D eigenvalue weighted by Gasteiger charge is 2.17. The molecule has 0 fully saturated rings. The average Bonchev–Trinajstić information content (AvgIpc) is 2.62. The lowest BCUT2D eigenvalue weighted by Crippen LogP contribution is -2.37. The third kappa shape index (κ3) is 4.71. The molecule has 92 valence electrons. The van der Waals surface area contributed by atoms with E-state index in [-0.39, 0.29) is 0 Å². The Labute approximate surface area is 99.4 Å². The Morgan fingerprint density at radius 3 is 2.31 bits per heavy atom. The van der Waals surface area contributed by atoms with E-state index in [1.54, 1.807) is 0 Å². The predicted octanol–water partition coefficient (Wildman–Crippen LogP) is 2.43. The zero-order valence-electron chi connectivity index (χ0n) is 11.2. The van der Waals surface area contributed by atoms with Gasteiger partial charge in [-0.2, -0.15) is 0 Å². The number of nitrogens with one attached hydrogen (secondary N) is 1. The maximum atomic E-state index is 3.29. The molecule has 1 aromatic heterocycles. The highest BCUT2D eigenvalue weighted by molar-refractivity contribution is 5.38. The first-order valence-corrected chi connectivity index (χ1v) is 5.91. The van der Waals surface area contributed by atoms with Crippen molar-refractivity contribution in [3.8, 4) is 0 Å². The third-order valence-corrected chi connectivity index (χ3v) is 2.40. The molecule has 16 heavy (non-hydrogen) atoms. The van der Waals surface area contributed by atoms with Crippen molar-refractivity contribution in [2.24, 2.45) is 5.41 Å². The quantitative estimate of drug-likeness (QED) is 0.828. The SMILES string of the molecule is CN(C)CCN(CC(C)(C)C)c1ccc[nH]1. The van der Waals surface area contributed by atoms with E-state index in [9.17, 15) is 0 Å². The molecule has 0 saturated heterocycles. The number of aromatic nitrogens is 1. The van der Waals surface area contributed by atoms with Gasteiger partial charge in [0.1, 0.15) is 5.82 Å². The number of rotatable bonds is 5. The van der Waals surface area contributed by atoms with Gasteiger partial charge >= 0.3 is 0 Å². The summed E-state index contributed by atoms with van der Waals surface area (Å²) < 4.78 is 0.